The highest BCUT2D eigenvalue weighted by molar-refractivity contribution is 5.71. The van der Waals surface area contributed by atoms with Gasteiger partial charge in [-0.3, -0.25) is 19.8 Å². The summed E-state index contributed by atoms with van der Waals surface area (Å²) < 4.78 is 13.5. The number of nitrogens with zero attached hydrogens (tertiary/aromatic N) is 2. The Morgan fingerprint density at radius 1 is 1.60 bits per heavy atom. The molecule has 1 aromatic carbocycles. The van der Waals surface area contributed by atoms with Crippen LogP contribution in [0.25, 0.3) is 0 Å². The molecule has 0 spiro atoms. The van der Waals surface area contributed by atoms with Crippen molar-refractivity contribution in [3.05, 3.63) is 39.7 Å². The molecule has 1 heterocycles. The van der Waals surface area contributed by atoms with Gasteiger partial charge in [-0.2, -0.15) is 4.39 Å². The maximum atomic E-state index is 13.5. The van der Waals surface area contributed by atoms with Crippen molar-refractivity contribution in [2.24, 2.45) is 5.92 Å². The van der Waals surface area contributed by atoms with E-state index in [2.05, 4.69) is 0 Å². The number of carboxylic acids is 1. The molecule has 0 bridgehead atoms. The summed E-state index contributed by atoms with van der Waals surface area (Å²) in [6.45, 7) is 2.84. The first-order valence-electron chi connectivity index (χ1n) is 6.30. The van der Waals surface area contributed by atoms with Gasteiger partial charge in [-0.05, 0) is 31.5 Å². The highest BCUT2D eigenvalue weighted by Crippen LogP contribution is 2.27. The van der Waals surface area contributed by atoms with Crippen molar-refractivity contribution in [3.63, 3.8) is 0 Å². The van der Waals surface area contributed by atoms with E-state index in [1.54, 1.807) is 0 Å². The molecule has 0 amide bonds. The number of aliphatic carboxylic acids is 1. The molecule has 1 aliphatic heterocycles. The fourth-order valence-corrected chi connectivity index (χ4v) is 2.59. The third-order valence-electron chi connectivity index (χ3n) is 3.80. The molecule has 0 aromatic heterocycles. The lowest BCUT2D eigenvalue weighted by Gasteiger charge is -2.22. The van der Waals surface area contributed by atoms with Crippen LogP contribution in [0.1, 0.15) is 18.9 Å². The fourth-order valence-electron chi connectivity index (χ4n) is 2.59. The van der Waals surface area contributed by atoms with Crippen LogP contribution in [0.3, 0.4) is 0 Å². The monoisotopic (exact) mass is 282 g/mol. The van der Waals surface area contributed by atoms with Gasteiger partial charge in [0, 0.05) is 18.7 Å². The minimum absolute atomic E-state index is 0.134. The summed E-state index contributed by atoms with van der Waals surface area (Å²) in [5.74, 6) is -2.11. The van der Waals surface area contributed by atoms with E-state index in [1.807, 2.05) is 11.8 Å². The van der Waals surface area contributed by atoms with Crippen LogP contribution in [0.4, 0.5) is 10.1 Å². The van der Waals surface area contributed by atoms with E-state index < -0.39 is 28.3 Å². The summed E-state index contributed by atoms with van der Waals surface area (Å²) in [6, 6.07) is 3.65. The summed E-state index contributed by atoms with van der Waals surface area (Å²) in [5.41, 5.74) is 0.0534. The van der Waals surface area contributed by atoms with Gasteiger partial charge in [-0.15, -0.1) is 0 Å². The normalized spacial score (nSPS) is 22.9. The fraction of sp³-hybridized carbons (Fsp3) is 0.462. The Balaban J connectivity index is 2.10. The molecule has 1 aromatic rings. The van der Waals surface area contributed by atoms with Gasteiger partial charge in [0.2, 0.25) is 5.82 Å². The highest BCUT2D eigenvalue weighted by Gasteiger charge is 2.35. The van der Waals surface area contributed by atoms with E-state index in [9.17, 15) is 19.3 Å². The minimum atomic E-state index is -0.867. The summed E-state index contributed by atoms with van der Waals surface area (Å²) >= 11 is 0. The molecular weight excluding hydrogens is 267 g/mol. The molecular formula is C13H15FN2O4. The largest absolute Gasteiger partial charge is 0.481 e. The smallest absolute Gasteiger partial charge is 0.308 e. The van der Waals surface area contributed by atoms with E-state index >= 15 is 0 Å². The molecule has 0 aliphatic carbocycles. The van der Waals surface area contributed by atoms with E-state index in [0.29, 0.717) is 25.1 Å². The predicted molar refractivity (Wildman–Crippen MR) is 68.7 cm³/mol. The Bertz CT molecular complexity index is 549. The maximum Gasteiger partial charge on any atom is 0.308 e. The first-order valence-corrected chi connectivity index (χ1v) is 6.30. The number of benzene rings is 1. The van der Waals surface area contributed by atoms with Crippen molar-refractivity contribution < 1.29 is 19.2 Å². The van der Waals surface area contributed by atoms with Crippen molar-refractivity contribution in [2.75, 3.05) is 6.54 Å². The molecule has 1 fully saturated rings. The van der Waals surface area contributed by atoms with Gasteiger partial charge in [0.05, 0.1) is 10.8 Å². The lowest BCUT2D eigenvalue weighted by Crippen LogP contribution is -2.32. The molecule has 6 nitrogen and oxygen atoms in total. The molecule has 1 saturated heterocycles. The number of rotatable bonds is 4. The van der Waals surface area contributed by atoms with Crippen molar-refractivity contribution in [2.45, 2.75) is 25.9 Å². The molecule has 0 radical (unpaired) electrons. The predicted octanol–water partition coefficient (Wildman–Crippen LogP) is 2.03. The van der Waals surface area contributed by atoms with Crippen LogP contribution in [-0.4, -0.2) is 33.5 Å². The van der Waals surface area contributed by atoms with Gasteiger partial charge in [0.15, 0.2) is 0 Å². The average molecular weight is 282 g/mol. The van der Waals surface area contributed by atoms with Gasteiger partial charge >= 0.3 is 11.7 Å². The topological polar surface area (TPSA) is 83.7 Å². The Morgan fingerprint density at radius 2 is 2.30 bits per heavy atom. The van der Waals surface area contributed by atoms with E-state index in [0.717, 1.165) is 12.1 Å². The zero-order valence-corrected chi connectivity index (χ0v) is 11.0. The van der Waals surface area contributed by atoms with Crippen LogP contribution in [0.15, 0.2) is 18.2 Å². The van der Waals surface area contributed by atoms with Crippen molar-refractivity contribution >= 4 is 11.7 Å². The van der Waals surface area contributed by atoms with Gasteiger partial charge in [-0.25, -0.2) is 0 Å². The molecule has 1 aliphatic rings. The Labute approximate surface area is 115 Å². The summed E-state index contributed by atoms with van der Waals surface area (Å²) in [5, 5.41) is 19.6. The maximum absolute atomic E-state index is 13.5. The standard InChI is InChI=1S/C13H15FN2O4/c1-8-10(13(17)18)4-5-15(8)7-9-2-3-12(16(19)20)11(14)6-9/h2-3,6,8,10H,4-5,7H2,1H3,(H,17,18). The van der Waals surface area contributed by atoms with Gasteiger partial charge in [0.25, 0.3) is 0 Å². The molecule has 0 saturated carbocycles. The van der Waals surface area contributed by atoms with Crippen LogP contribution >= 0.6 is 0 Å². The lowest BCUT2D eigenvalue weighted by molar-refractivity contribution is -0.387. The molecule has 1 N–H and O–H groups in total. The highest BCUT2D eigenvalue weighted by atomic mass is 19.1. The molecule has 2 atom stereocenters. The number of nitro benzene ring substituents is 1. The van der Waals surface area contributed by atoms with Crippen LogP contribution in [0.2, 0.25) is 0 Å². The Kier molecular flexibility index (Phi) is 3.99. The first kappa shape index (κ1) is 14.4. The number of carboxylic acid groups (broad SMARTS) is 1. The number of likely N-dealkylation sites (tertiary alicyclic amines) is 1. The molecule has 20 heavy (non-hydrogen) atoms. The molecule has 2 rings (SSSR count). The zero-order valence-electron chi connectivity index (χ0n) is 11.0. The summed E-state index contributed by atoms with van der Waals surface area (Å²) in [4.78, 5) is 22.7. The quantitative estimate of drug-likeness (QED) is 0.674. The van der Waals surface area contributed by atoms with E-state index in [1.165, 1.54) is 6.07 Å². The number of halogens is 1. The van der Waals surface area contributed by atoms with Gasteiger partial charge in [-0.1, -0.05) is 6.07 Å². The zero-order chi connectivity index (χ0) is 14.9. The Hall–Kier alpha value is -2.02. The molecule has 108 valence electrons. The number of carbonyl (C=O) groups is 1. The SMILES string of the molecule is CC1C(C(=O)O)CCN1Cc1ccc([N+](=O)[O-])c(F)c1. The van der Waals surface area contributed by atoms with Crippen molar-refractivity contribution in [3.8, 4) is 0 Å². The van der Waals surface area contributed by atoms with E-state index in [4.69, 9.17) is 5.11 Å². The Morgan fingerprint density at radius 3 is 2.80 bits per heavy atom. The van der Waals surface area contributed by atoms with Crippen molar-refractivity contribution in [1.82, 2.24) is 4.90 Å². The summed E-state index contributed by atoms with van der Waals surface area (Å²) in [6.07, 6.45) is 0.561. The van der Waals surface area contributed by atoms with Crippen molar-refractivity contribution in [1.29, 1.82) is 0 Å². The first-order chi connectivity index (χ1) is 9.40. The minimum Gasteiger partial charge on any atom is -0.481 e. The lowest BCUT2D eigenvalue weighted by atomic mass is 10.0. The third kappa shape index (κ3) is 2.77. The number of hydrogen-bond donors (Lipinski definition) is 1. The van der Waals surface area contributed by atoms with Gasteiger partial charge in [0.1, 0.15) is 0 Å². The second-order valence-electron chi connectivity index (χ2n) is 4.99. The number of hydrogen-bond acceptors (Lipinski definition) is 4. The van der Waals surface area contributed by atoms with Gasteiger partial charge < -0.3 is 5.11 Å². The number of nitro groups is 1. The second-order valence-corrected chi connectivity index (χ2v) is 4.99. The van der Waals surface area contributed by atoms with Crippen LogP contribution in [0.5, 0.6) is 0 Å². The molecule has 7 heteroatoms. The van der Waals surface area contributed by atoms with E-state index in [-0.39, 0.29) is 6.04 Å². The molecule has 2 unspecified atom stereocenters. The second kappa shape index (κ2) is 5.54. The third-order valence-corrected chi connectivity index (χ3v) is 3.80. The van der Waals surface area contributed by atoms with Crippen LogP contribution in [0, 0.1) is 21.8 Å². The van der Waals surface area contributed by atoms with Crippen LogP contribution in [-0.2, 0) is 11.3 Å². The summed E-state index contributed by atoms with van der Waals surface area (Å²) in [7, 11) is 0. The average Bonchev–Trinajstić information content (AvgIpc) is 2.70. The van der Waals surface area contributed by atoms with Crippen LogP contribution < -0.4 is 0 Å².